The fourth-order valence-corrected chi connectivity index (χ4v) is 2.07. The number of halogens is 1. The summed E-state index contributed by atoms with van der Waals surface area (Å²) in [7, 11) is 1.55. The van der Waals surface area contributed by atoms with E-state index in [0.717, 1.165) is 5.56 Å². The lowest BCUT2D eigenvalue weighted by molar-refractivity contribution is 0.413. The average molecular weight is 303 g/mol. The molecular formula is C15H11ClN2O3. The summed E-state index contributed by atoms with van der Waals surface area (Å²) in [5.41, 5.74) is 1.41. The van der Waals surface area contributed by atoms with Crippen LogP contribution in [0.3, 0.4) is 0 Å². The molecule has 6 heteroatoms. The number of hydrogen-bond donors (Lipinski definition) is 1. The van der Waals surface area contributed by atoms with Crippen molar-refractivity contribution in [1.29, 1.82) is 0 Å². The van der Waals surface area contributed by atoms with Crippen molar-refractivity contribution < 1.29 is 14.4 Å². The van der Waals surface area contributed by atoms with Crippen LogP contribution in [0.25, 0.3) is 22.8 Å². The third-order valence-electron chi connectivity index (χ3n) is 2.94. The van der Waals surface area contributed by atoms with Crippen molar-refractivity contribution in [2.75, 3.05) is 7.11 Å². The monoisotopic (exact) mass is 302 g/mol. The van der Waals surface area contributed by atoms with Crippen LogP contribution in [0.4, 0.5) is 0 Å². The molecule has 1 aromatic heterocycles. The fraction of sp³-hybridized carbons (Fsp3) is 0.0667. The molecule has 3 aromatic rings. The molecule has 2 aromatic carbocycles. The summed E-state index contributed by atoms with van der Waals surface area (Å²) < 4.78 is 10.5. The van der Waals surface area contributed by atoms with Crippen molar-refractivity contribution in [1.82, 2.24) is 10.1 Å². The number of methoxy groups -OCH3 is 1. The predicted octanol–water partition coefficient (Wildman–Crippen LogP) is 3.77. The first-order chi connectivity index (χ1) is 10.2. The number of aromatic nitrogens is 2. The average Bonchev–Trinajstić information content (AvgIpc) is 2.97. The van der Waals surface area contributed by atoms with Gasteiger partial charge in [-0.25, -0.2) is 0 Å². The zero-order chi connectivity index (χ0) is 14.8. The SMILES string of the molecule is COc1cc(Cl)ccc1-c1noc(-c2ccc(O)cc2)n1. The highest BCUT2D eigenvalue weighted by atomic mass is 35.5. The van der Waals surface area contributed by atoms with E-state index in [-0.39, 0.29) is 5.75 Å². The molecule has 0 spiro atoms. The summed E-state index contributed by atoms with van der Waals surface area (Å²) in [6.07, 6.45) is 0. The molecule has 0 aliphatic rings. The summed E-state index contributed by atoms with van der Waals surface area (Å²) in [5, 5.41) is 13.8. The van der Waals surface area contributed by atoms with E-state index in [4.69, 9.17) is 20.9 Å². The molecular weight excluding hydrogens is 292 g/mol. The van der Waals surface area contributed by atoms with Gasteiger partial charge in [0.05, 0.1) is 12.7 Å². The van der Waals surface area contributed by atoms with Gasteiger partial charge in [0, 0.05) is 10.6 Å². The highest BCUT2D eigenvalue weighted by Crippen LogP contribution is 2.32. The molecule has 0 radical (unpaired) electrons. The molecule has 0 fully saturated rings. The van der Waals surface area contributed by atoms with E-state index >= 15 is 0 Å². The van der Waals surface area contributed by atoms with Crippen LogP contribution in [-0.2, 0) is 0 Å². The first kappa shape index (κ1) is 13.5. The number of ether oxygens (including phenoxy) is 1. The summed E-state index contributed by atoms with van der Waals surface area (Å²) in [4.78, 5) is 4.34. The van der Waals surface area contributed by atoms with Crippen LogP contribution in [0.2, 0.25) is 5.02 Å². The van der Waals surface area contributed by atoms with Gasteiger partial charge in [-0.15, -0.1) is 0 Å². The summed E-state index contributed by atoms with van der Waals surface area (Å²) >= 11 is 5.93. The van der Waals surface area contributed by atoms with E-state index in [9.17, 15) is 5.11 Å². The molecule has 0 saturated heterocycles. The van der Waals surface area contributed by atoms with Crippen molar-refractivity contribution in [3.05, 3.63) is 47.5 Å². The molecule has 0 amide bonds. The molecule has 106 valence electrons. The zero-order valence-corrected chi connectivity index (χ0v) is 11.8. The molecule has 0 unspecified atom stereocenters. The van der Waals surface area contributed by atoms with Crippen LogP contribution >= 0.6 is 11.6 Å². The Morgan fingerprint density at radius 3 is 2.62 bits per heavy atom. The Bertz CT molecular complexity index is 769. The first-order valence-electron chi connectivity index (χ1n) is 6.14. The van der Waals surface area contributed by atoms with E-state index in [1.165, 1.54) is 0 Å². The minimum Gasteiger partial charge on any atom is -0.508 e. The molecule has 1 N–H and O–H groups in total. The summed E-state index contributed by atoms with van der Waals surface area (Å²) in [6.45, 7) is 0. The van der Waals surface area contributed by atoms with Crippen molar-refractivity contribution in [3.8, 4) is 34.3 Å². The van der Waals surface area contributed by atoms with E-state index in [1.807, 2.05) is 0 Å². The maximum atomic E-state index is 9.29. The molecule has 0 atom stereocenters. The number of aromatic hydroxyl groups is 1. The van der Waals surface area contributed by atoms with Crippen LogP contribution in [0, 0.1) is 0 Å². The Morgan fingerprint density at radius 1 is 1.14 bits per heavy atom. The Morgan fingerprint density at radius 2 is 1.90 bits per heavy atom. The minimum atomic E-state index is 0.179. The Kier molecular flexibility index (Phi) is 3.50. The zero-order valence-electron chi connectivity index (χ0n) is 11.1. The Balaban J connectivity index is 2.00. The largest absolute Gasteiger partial charge is 0.508 e. The fourth-order valence-electron chi connectivity index (χ4n) is 1.90. The van der Waals surface area contributed by atoms with E-state index in [2.05, 4.69) is 10.1 Å². The maximum absolute atomic E-state index is 9.29. The van der Waals surface area contributed by atoms with Gasteiger partial charge in [0.1, 0.15) is 11.5 Å². The molecule has 3 rings (SSSR count). The van der Waals surface area contributed by atoms with Crippen LogP contribution in [0.15, 0.2) is 47.0 Å². The lowest BCUT2D eigenvalue weighted by atomic mass is 10.2. The predicted molar refractivity (Wildman–Crippen MR) is 78.4 cm³/mol. The lowest BCUT2D eigenvalue weighted by Gasteiger charge is -2.04. The highest BCUT2D eigenvalue weighted by molar-refractivity contribution is 6.30. The molecule has 21 heavy (non-hydrogen) atoms. The van der Waals surface area contributed by atoms with Crippen LogP contribution < -0.4 is 4.74 Å². The van der Waals surface area contributed by atoms with Gasteiger partial charge in [0.25, 0.3) is 5.89 Å². The second kappa shape index (κ2) is 5.46. The maximum Gasteiger partial charge on any atom is 0.258 e. The number of rotatable bonds is 3. The van der Waals surface area contributed by atoms with Crippen LogP contribution in [0.5, 0.6) is 11.5 Å². The Hall–Kier alpha value is -2.53. The van der Waals surface area contributed by atoms with Gasteiger partial charge < -0.3 is 14.4 Å². The molecule has 0 saturated carbocycles. The van der Waals surface area contributed by atoms with Crippen molar-refractivity contribution in [2.45, 2.75) is 0 Å². The molecule has 0 aliphatic carbocycles. The topological polar surface area (TPSA) is 68.4 Å². The van der Waals surface area contributed by atoms with Gasteiger partial charge in [-0.2, -0.15) is 4.98 Å². The van der Waals surface area contributed by atoms with Gasteiger partial charge in [0.15, 0.2) is 0 Å². The highest BCUT2D eigenvalue weighted by Gasteiger charge is 2.14. The van der Waals surface area contributed by atoms with Crippen molar-refractivity contribution in [2.24, 2.45) is 0 Å². The summed E-state index contributed by atoms with van der Waals surface area (Å²) in [6, 6.07) is 11.7. The molecule has 5 nitrogen and oxygen atoms in total. The van der Waals surface area contributed by atoms with Gasteiger partial charge in [0.2, 0.25) is 5.82 Å². The second-order valence-electron chi connectivity index (χ2n) is 4.31. The first-order valence-corrected chi connectivity index (χ1v) is 6.52. The molecule has 0 bridgehead atoms. The van der Waals surface area contributed by atoms with E-state index in [1.54, 1.807) is 49.6 Å². The number of phenolic OH excluding ortho intramolecular Hbond substituents is 1. The van der Waals surface area contributed by atoms with Gasteiger partial charge in [-0.1, -0.05) is 16.8 Å². The van der Waals surface area contributed by atoms with E-state index in [0.29, 0.717) is 28.1 Å². The number of phenols is 1. The third kappa shape index (κ3) is 2.68. The quantitative estimate of drug-likeness (QED) is 0.797. The molecule has 0 aliphatic heterocycles. The Labute approximate surface area is 125 Å². The molecule has 1 heterocycles. The minimum absolute atomic E-state index is 0.179. The van der Waals surface area contributed by atoms with Gasteiger partial charge in [-0.05, 0) is 42.5 Å². The van der Waals surface area contributed by atoms with Crippen LogP contribution in [-0.4, -0.2) is 22.4 Å². The summed E-state index contributed by atoms with van der Waals surface area (Å²) in [5.74, 6) is 1.52. The number of hydrogen-bond acceptors (Lipinski definition) is 5. The normalized spacial score (nSPS) is 10.6. The van der Waals surface area contributed by atoms with Gasteiger partial charge >= 0.3 is 0 Å². The van der Waals surface area contributed by atoms with Crippen LogP contribution in [0.1, 0.15) is 0 Å². The number of nitrogens with zero attached hydrogens (tertiary/aromatic N) is 2. The second-order valence-corrected chi connectivity index (χ2v) is 4.75. The lowest BCUT2D eigenvalue weighted by Crippen LogP contribution is -1.89. The van der Waals surface area contributed by atoms with Gasteiger partial charge in [-0.3, -0.25) is 0 Å². The van der Waals surface area contributed by atoms with Crippen molar-refractivity contribution >= 4 is 11.6 Å². The number of benzene rings is 2. The standard InChI is InChI=1S/C15H11ClN2O3/c1-20-13-8-10(16)4-7-12(13)14-17-15(21-18-14)9-2-5-11(19)6-3-9/h2-8,19H,1H3. The van der Waals surface area contributed by atoms with Crippen molar-refractivity contribution in [3.63, 3.8) is 0 Å². The smallest absolute Gasteiger partial charge is 0.258 e. The third-order valence-corrected chi connectivity index (χ3v) is 3.18. The van der Waals surface area contributed by atoms with E-state index < -0.39 is 0 Å².